The summed E-state index contributed by atoms with van der Waals surface area (Å²) < 4.78 is 52.4. The zero-order valence-corrected chi connectivity index (χ0v) is 10.0. The predicted octanol–water partition coefficient (Wildman–Crippen LogP) is 2.57. The monoisotopic (exact) mass is 284 g/mol. The van der Waals surface area contributed by atoms with E-state index in [0.717, 1.165) is 0 Å². The molecule has 0 aliphatic heterocycles. The smallest absolute Gasteiger partial charge is 0.208 e. The van der Waals surface area contributed by atoms with Gasteiger partial charge in [0, 0.05) is 5.70 Å². The molecule has 1 saturated carbocycles. The van der Waals surface area contributed by atoms with Gasteiger partial charge in [-0.2, -0.15) is 5.26 Å². The van der Waals surface area contributed by atoms with Crippen molar-refractivity contribution >= 4 is 5.78 Å². The summed E-state index contributed by atoms with van der Waals surface area (Å²) in [5.41, 5.74) is 3.91. The van der Waals surface area contributed by atoms with E-state index in [9.17, 15) is 22.4 Å². The van der Waals surface area contributed by atoms with Gasteiger partial charge in [0.15, 0.2) is 23.3 Å². The molecule has 0 spiro atoms. The Kier molecular flexibility index (Phi) is 3.49. The maximum Gasteiger partial charge on any atom is 0.208 e. The van der Waals surface area contributed by atoms with E-state index in [2.05, 4.69) is 0 Å². The van der Waals surface area contributed by atoms with Gasteiger partial charge in [-0.15, -0.1) is 0 Å². The molecule has 1 aliphatic carbocycles. The second kappa shape index (κ2) is 4.96. The molecule has 0 unspecified atom stereocenters. The molecule has 104 valence electrons. The van der Waals surface area contributed by atoms with E-state index in [1.165, 1.54) is 6.07 Å². The lowest BCUT2D eigenvalue weighted by molar-refractivity contribution is 0.103. The Hall–Kier alpha value is -2.36. The first-order chi connectivity index (χ1) is 9.38. The Morgan fingerprint density at radius 2 is 1.80 bits per heavy atom. The number of benzene rings is 1. The third-order valence-corrected chi connectivity index (χ3v) is 2.99. The van der Waals surface area contributed by atoms with Crippen LogP contribution in [0.5, 0.6) is 0 Å². The van der Waals surface area contributed by atoms with Gasteiger partial charge in [-0.05, 0) is 24.8 Å². The third kappa shape index (κ3) is 2.25. The Bertz CT molecular complexity index is 672. The molecule has 20 heavy (non-hydrogen) atoms. The summed E-state index contributed by atoms with van der Waals surface area (Å²) in [6, 6.07) is 1.72. The fourth-order valence-corrected chi connectivity index (χ4v) is 1.72. The number of hydrogen-bond donors (Lipinski definition) is 1. The number of carbonyl (C=O) groups excluding carboxylic acids is 1. The number of carbonyl (C=O) groups is 1. The molecular formula is C13H8F4N2O. The maximum atomic E-state index is 13.5. The van der Waals surface area contributed by atoms with Gasteiger partial charge >= 0.3 is 0 Å². The van der Waals surface area contributed by atoms with Crippen LogP contribution in [0.15, 0.2) is 17.3 Å². The topological polar surface area (TPSA) is 66.9 Å². The van der Waals surface area contributed by atoms with Crippen LogP contribution < -0.4 is 5.73 Å². The number of hydrogen-bond acceptors (Lipinski definition) is 3. The lowest BCUT2D eigenvalue weighted by Gasteiger charge is -2.06. The lowest BCUT2D eigenvalue weighted by Crippen LogP contribution is -2.15. The second-order valence-corrected chi connectivity index (χ2v) is 4.39. The quantitative estimate of drug-likeness (QED) is 0.232. The van der Waals surface area contributed by atoms with E-state index in [0.29, 0.717) is 12.8 Å². The molecule has 0 bridgehead atoms. The van der Waals surface area contributed by atoms with Gasteiger partial charge in [0.2, 0.25) is 5.78 Å². The summed E-state index contributed by atoms with van der Waals surface area (Å²) in [5.74, 6) is -9.09. The Morgan fingerprint density at radius 1 is 1.20 bits per heavy atom. The third-order valence-electron chi connectivity index (χ3n) is 2.99. The number of halogens is 4. The molecular weight excluding hydrogens is 276 g/mol. The van der Waals surface area contributed by atoms with Gasteiger partial charge in [0.25, 0.3) is 0 Å². The summed E-state index contributed by atoms with van der Waals surface area (Å²) in [6.07, 6.45) is 1.36. The van der Waals surface area contributed by atoms with Crippen molar-refractivity contribution in [2.24, 2.45) is 11.7 Å². The van der Waals surface area contributed by atoms with Gasteiger partial charge in [-0.25, -0.2) is 17.6 Å². The molecule has 1 aromatic rings. The molecule has 0 radical (unpaired) electrons. The SMILES string of the molecule is N#CC(C(=O)c1cc(F)c(F)c(F)c1F)=C(N)C1CC1. The zero-order chi connectivity index (χ0) is 15.0. The molecule has 1 aromatic carbocycles. The summed E-state index contributed by atoms with van der Waals surface area (Å²) in [7, 11) is 0. The van der Waals surface area contributed by atoms with Gasteiger partial charge in [0.05, 0.1) is 5.56 Å². The standard InChI is InChI=1S/C13H8F4N2O/c14-8-3-6(9(15)11(17)10(8)16)13(20)7(4-18)12(19)5-1-2-5/h3,5H,1-2,19H2. The van der Waals surface area contributed by atoms with Crippen molar-refractivity contribution in [3.63, 3.8) is 0 Å². The van der Waals surface area contributed by atoms with Crippen LogP contribution in [0.2, 0.25) is 0 Å². The molecule has 2 N–H and O–H groups in total. The van der Waals surface area contributed by atoms with E-state index in [4.69, 9.17) is 11.0 Å². The average Bonchev–Trinajstić information content (AvgIpc) is 3.25. The summed E-state index contributed by atoms with van der Waals surface area (Å²) >= 11 is 0. The van der Waals surface area contributed by atoms with Crippen LogP contribution in [0, 0.1) is 40.5 Å². The highest BCUT2D eigenvalue weighted by Gasteiger charge is 2.31. The first-order valence-electron chi connectivity index (χ1n) is 5.65. The van der Waals surface area contributed by atoms with E-state index in [-0.39, 0.29) is 17.7 Å². The van der Waals surface area contributed by atoms with Crippen molar-refractivity contribution < 1.29 is 22.4 Å². The number of nitriles is 1. The van der Waals surface area contributed by atoms with Crippen LogP contribution >= 0.6 is 0 Å². The largest absolute Gasteiger partial charge is 0.401 e. The average molecular weight is 284 g/mol. The van der Waals surface area contributed by atoms with E-state index >= 15 is 0 Å². The highest BCUT2D eigenvalue weighted by atomic mass is 19.2. The Morgan fingerprint density at radius 3 is 2.30 bits per heavy atom. The molecule has 0 heterocycles. The van der Waals surface area contributed by atoms with Crippen molar-refractivity contribution in [3.05, 3.63) is 46.2 Å². The highest BCUT2D eigenvalue weighted by Crippen LogP contribution is 2.36. The minimum atomic E-state index is -2.10. The molecule has 1 aliphatic rings. The van der Waals surface area contributed by atoms with Crippen LogP contribution in [-0.2, 0) is 0 Å². The number of rotatable bonds is 3. The Labute approximate surface area is 111 Å². The summed E-state index contributed by atoms with van der Waals surface area (Å²) in [6.45, 7) is 0. The van der Waals surface area contributed by atoms with E-state index in [1.807, 2.05) is 0 Å². The fraction of sp³-hybridized carbons (Fsp3) is 0.231. The van der Waals surface area contributed by atoms with Crippen LogP contribution in [0.25, 0.3) is 0 Å². The Balaban J connectivity index is 2.54. The molecule has 0 amide bonds. The van der Waals surface area contributed by atoms with Gasteiger partial charge in [-0.1, -0.05) is 0 Å². The van der Waals surface area contributed by atoms with Crippen molar-refractivity contribution in [1.82, 2.24) is 0 Å². The molecule has 1 fully saturated rings. The van der Waals surface area contributed by atoms with E-state index in [1.54, 1.807) is 0 Å². The van der Waals surface area contributed by atoms with Crippen molar-refractivity contribution in [3.8, 4) is 6.07 Å². The predicted molar refractivity (Wildman–Crippen MR) is 60.2 cm³/mol. The minimum absolute atomic E-state index is 0.0398. The molecule has 7 heteroatoms. The fourth-order valence-electron chi connectivity index (χ4n) is 1.72. The first-order valence-corrected chi connectivity index (χ1v) is 5.65. The first kappa shape index (κ1) is 14.1. The maximum absolute atomic E-state index is 13.5. The summed E-state index contributed by atoms with van der Waals surface area (Å²) in [5, 5.41) is 8.90. The number of Topliss-reactive ketones (excluding diaryl/α,β-unsaturated/α-hetero) is 1. The van der Waals surface area contributed by atoms with Crippen molar-refractivity contribution in [2.75, 3.05) is 0 Å². The highest BCUT2D eigenvalue weighted by molar-refractivity contribution is 6.12. The summed E-state index contributed by atoms with van der Waals surface area (Å²) in [4.78, 5) is 11.9. The normalized spacial score (nSPS) is 15.6. The molecule has 0 saturated heterocycles. The van der Waals surface area contributed by atoms with Gasteiger partial charge in [0.1, 0.15) is 11.6 Å². The number of allylic oxidation sites excluding steroid dienone is 2. The van der Waals surface area contributed by atoms with Crippen molar-refractivity contribution in [2.45, 2.75) is 12.8 Å². The van der Waals surface area contributed by atoms with Crippen LogP contribution in [0.1, 0.15) is 23.2 Å². The molecule has 3 nitrogen and oxygen atoms in total. The van der Waals surface area contributed by atoms with E-state index < -0.39 is 40.2 Å². The molecule has 2 rings (SSSR count). The second-order valence-electron chi connectivity index (χ2n) is 4.39. The van der Waals surface area contributed by atoms with Crippen molar-refractivity contribution in [1.29, 1.82) is 5.26 Å². The lowest BCUT2D eigenvalue weighted by atomic mass is 10.00. The molecule has 0 aromatic heterocycles. The zero-order valence-electron chi connectivity index (χ0n) is 10.0. The van der Waals surface area contributed by atoms with Gasteiger partial charge in [-0.3, -0.25) is 4.79 Å². The minimum Gasteiger partial charge on any atom is -0.401 e. The van der Waals surface area contributed by atoms with Gasteiger partial charge < -0.3 is 5.73 Å². The number of nitrogens with zero attached hydrogens (tertiary/aromatic N) is 1. The van der Waals surface area contributed by atoms with Crippen LogP contribution in [0.4, 0.5) is 17.6 Å². The number of ketones is 1. The number of nitrogens with two attached hydrogens (primary N) is 1. The van der Waals surface area contributed by atoms with Crippen LogP contribution in [0.3, 0.4) is 0 Å². The van der Waals surface area contributed by atoms with Crippen LogP contribution in [-0.4, -0.2) is 5.78 Å². The molecule has 0 atom stereocenters.